The Kier molecular flexibility index (Phi) is 5.98. The number of halogens is 1. The molecular formula is C19H15BrN2O3S2. The van der Waals surface area contributed by atoms with Gasteiger partial charge in [-0.15, -0.1) is 0 Å². The van der Waals surface area contributed by atoms with Gasteiger partial charge < -0.3 is 4.74 Å². The van der Waals surface area contributed by atoms with Crippen LogP contribution in [0.3, 0.4) is 0 Å². The summed E-state index contributed by atoms with van der Waals surface area (Å²) in [7, 11) is 1.56. The number of rotatable bonds is 4. The average Bonchev–Trinajstić information content (AvgIpc) is 2.90. The average molecular weight is 463 g/mol. The number of ether oxygens (including phenoxy) is 1. The molecule has 1 fully saturated rings. The quantitative estimate of drug-likeness (QED) is 0.541. The fourth-order valence-corrected chi connectivity index (χ4v) is 3.94. The van der Waals surface area contributed by atoms with Crippen molar-refractivity contribution >= 4 is 62.1 Å². The van der Waals surface area contributed by atoms with Gasteiger partial charge in [-0.1, -0.05) is 45.4 Å². The van der Waals surface area contributed by atoms with Gasteiger partial charge in [0.15, 0.2) is 4.32 Å². The van der Waals surface area contributed by atoms with Gasteiger partial charge in [-0.05, 0) is 55.5 Å². The fourth-order valence-electron chi connectivity index (χ4n) is 2.39. The predicted octanol–water partition coefficient (Wildman–Crippen LogP) is 4.31. The summed E-state index contributed by atoms with van der Waals surface area (Å²) in [6.45, 7) is 1.94. The van der Waals surface area contributed by atoms with Crippen molar-refractivity contribution in [1.82, 2.24) is 10.4 Å². The second-order valence-corrected chi connectivity index (χ2v) is 8.30. The van der Waals surface area contributed by atoms with Crippen LogP contribution in [0.2, 0.25) is 0 Å². The zero-order valence-corrected chi connectivity index (χ0v) is 17.7. The van der Waals surface area contributed by atoms with Crippen LogP contribution in [0.25, 0.3) is 6.08 Å². The molecule has 2 amide bonds. The first kappa shape index (κ1) is 19.6. The zero-order valence-electron chi connectivity index (χ0n) is 14.5. The molecule has 8 heteroatoms. The van der Waals surface area contributed by atoms with Crippen molar-refractivity contribution in [1.29, 1.82) is 0 Å². The summed E-state index contributed by atoms with van der Waals surface area (Å²) in [5.74, 6) is -0.146. The molecule has 1 aliphatic heterocycles. The second-order valence-electron chi connectivity index (χ2n) is 5.71. The Balaban J connectivity index is 1.82. The third kappa shape index (κ3) is 4.40. The number of methoxy groups -OCH3 is 1. The summed E-state index contributed by atoms with van der Waals surface area (Å²) in [5, 5.41) is 1.10. The highest BCUT2D eigenvalue weighted by Gasteiger charge is 2.34. The molecule has 0 aromatic heterocycles. The summed E-state index contributed by atoms with van der Waals surface area (Å²) in [5.41, 5.74) is 4.80. The van der Waals surface area contributed by atoms with E-state index in [-0.39, 0.29) is 10.2 Å². The minimum absolute atomic E-state index is 0.265. The number of hydrogen-bond donors (Lipinski definition) is 1. The van der Waals surface area contributed by atoms with Gasteiger partial charge in [0.05, 0.1) is 12.0 Å². The molecule has 0 spiro atoms. The van der Waals surface area contributed by atoms with Crippen molar-refractivity contribution < 1.29 is 14.3 Å². The molecule has 5 nitrogen and oxygen atoms in total. The molecule has 27 heavy (non-hydrogen) atoms. The van der Waals surface area contributed by atoms with Crippen LogP contribution < -0.4 is 10.2 Å². The van der Waals surface area contributed by atoms with Crippen LogP contribution in [0.15, 0.2) is 51.8 Å². The molecule has 0 unspecified atom stereocenters. The molecule has 1 saturated heterocycles. The number of hydrazine groups is 1. The van der Waals surface area contributed by atoms with Gasteiger partial charge >= 0.3 is 0 Å². The summed E-state index contributed by atoms with van der Waals surface area (Å²) in [4.78, 5) is 25.5. The number of aryl methyl sites for hydroxylation is 1. The van der Waals surface area contributed by atoms with E-state index in [2.05, 4.69) is 21.4 Å². The maximum absolute atomic E-state index is 12.7. The van der Waals surface area contributed by atoms with Crippen molar-refractivity contribution in [2.24, 2.45) is 0 Å². The molecule has 138 valence electrons. The smallest absolute Gasteiger partial charge is 0.285 e. The maximum atomic E-state index is 12.7. The van der Waals surface area contributed by atoms with E-state index in [0.717, 1.165) is 32.4 Å². The number of benzene rings is 2. The number of amides is 2. The summed E-state index contributed by atoms with van der Waals surface area (Å²) in [6, 6.07) is 12.6. The highest BCUT2D eigenvalue weighted by atomic mass is 79.9. The summed E-state index contributed by atoms with van der Waals surface area (Å²) in [6.07, 6.45) is 1.70. The molecule has 1 heterocycles. The first-order chi connectivity index (χ1) is 12.9. The largest absolute Gasteiger partial charge is 0.496 e. The van der Waals surface area contributed by atoms with E-state index in [1.165, 1.54) is 0 Å². The van der Waals surface area contributed by atoms with Crippen molar-refractivity contribution in [3.8, 4) is 5.75 Å². The van der Waals surface area contributed by atoms with Crippen molar-refractivity contribution in [3.05, 3.63) is 68.5 Å². The standard InChI is InChI=1S/C19H15BrN2O3S2/c1-11-3-5-12(6-4-11)17(23)21-22-18(24)16(27-19(22)26)10-13-9-14(20)7-8-15(13)25-2/h3-10H,1-2H3,(H,21,23)/b16-10+. The van der Waals surface area contributed by atoms with E-state index < -0.39 is 5.91 Å². The van der Waals surface area contributed by atoms with Gasteiger partial charge in [-0.3, -0.25) is 15.0 Å². The van der Waals surface area contributed by atoms with E-state index in [9.17, 15) is 9.59 Å². The molecule has 3 rings (SSSR count). The molecule has 1 aliphatic rings. The molecule has 0 saturated carbocycles. The van der Waals surface area contributed by atoms with E-state index >= 15 is 0 Å². The van der Waals surface area contributed by atoms with Gasteiger partial charge in [0.1, 0.15) is 5.75 Å². The third-order valence-corrected chi connectivity index (χ3v) is 5.59. The SMILES string of the molecule is COc1ccc(Br)cc1/C=C1/SC(=S)N(NC(=O)c2ccc(C)cc2)C1=O. The lowest BCUT2D eigenvalue weighted by Crippen LogP contribution is -2.44. The van der Waals surface area contributed by atoms with Gasteiger partial charge in [-0.25, -0.2) is 0 Å². The molecule has 0 radical (unpaired) electrons. The maximum Gasteiger partial charge on any atom is 0.285 e. The first-order valence-electron chi connectivity index (χ1n) is 7.88. The Morgan fingerprint density at radius 1 is 1.26 bits per heavy atom. The highest BCUT2D eigenvalue weighted by molar-refractivity contribution is 9.10. The Morgan fingerprint density at radius 3 is 2.63 bits per heavy atom. The van der Waals surface area contributed by atoms with Crippen LogP contribution in [0, 0.1) is 6.92 Å². The van der Waals surface area contributed by atoms with Gasteiger partial charge in [0.2, 0.25) is 0 Å². The zero-order chi connectivity index (χ0) is 19.6. The van der Waals surface area contributed by atoms with Crippen LogP contribution in [0.1, 0.15) is 21.5 Å². The van der Waals surface area contributed by atoms with E-state index in [1.54, 1.807) is 31.4 Å². The lowest BCUT2D eigenvalue weighted by Gasteiger charge is -2.15. The molecule has 0 aliphatic carbocycles. The molecular weight excluding hydrogens is 448 g/mol. The van der Waals surface area contributed by atoms with Crippen LogP contribution in [-0.2, 0) is 4.79 Å². The number of nitrogens with zero attached hydrogens (tertiary/aromatic N) is 1. The highest BCUT2D eigenvalue weighted by Crippen LogP contribution is 2.34. The number of carbonyl (C=O) groups excluding carboxylic acids is 2. The Labute approximate surface area is 174 Å². The monoisotopic (exact) mass is 462 g/mol. The predicted molar refractivity (Wildman–Crippen MR) is 114 cm³/mol. The molecule has 0 atom stereocenters. The van der Waals surface area contributed by atoms with Crippen LogP contribution in [0.5, 0.6) is 5.75 Å². The number of hydrogen-bond acceptors (Lipinski definition) is 5. The topological polar surface area (TPSA) is 58.6 Å². The summed E-state index contributed by atoms with van der Waals surface area (Å²) >= 11 is 9.79. The second kappa shape index (κ2) is 8.24. The van der Waals surface area contributed by atoms with E-state index in [0.29, 0.717) is 16.2 Å². The molecule has 0 bridgehead atoms. The van der Waals surface area contributed by atoms with E-state index in [4.69, 9.17) is 17.0 Å². The van der Waals surface area contributed by atoms with Gasteiger partial charge in [0.25, 0.3) is 11.8 Å². The summed E-state index contributed by atoms with van der Waals surface area (Å²) < 4.78 is 6.45. The lowest BCUT2D eigenvalue weighted by molar-refractivity contribution is -0.123. The lowest BCUT2D eigenvalue weighted by atomic mass is 10.1. The van der Waals surface area contributed by atoms with Crippen LogP contribution >= 0.6 is 39.9 Å². The number of carbonyl (C=O) groups is 2. The van der Waals surface area contributed by atoms with Gasteiger partial charge in [-0.2, -0.15) is 5.01 Å². The van der Waals surface area contributed by atoms with Crippen molar-refractivity contribution in [3.63, 3.8) is 0 Å². The Bertz CT molecular complexity index is 958. The normalized spacial score (nSPS) is 15.4. The minimum atomic E-state index is -0.396. The van der Waals surface area contributed by atoms with Gasteiger partial charge in [0, 0.05) is 15.6 Å². The minimum Gasteiger partial charge on any atom is -0.496 e. The van der Waals surface area contributed by atoms with Crippen LogP contribution in [-0.4, -0.2) is 28.3 Å². The van der Waals surface area contributed by atoms with Crippen molar-refractivity contribution in [2.45, 2.75) is 6.92 Å². The number of thiocarbonyl (C=S) groups is 1. The van der Waals surface area contributed by atoms with Crippen molar-refractivity contribution in [2.75, 3.05) is 7.11 Å². The Hall–Kier alpha value is -2.16. The molecule has 1 N–H and O–H groups in total. The Morgan fingerprint density at radius 2 is 1.96 bits per heavy atom. The molecule has 2 aromatic rings. The van der Waals surface area contributed by atoms with E-state index in [1.807, 2.05) is 31.2 Å². The number of thioether (sulfide) groups is 1. The molecule has 2 aromatic carbocycles. The first-order valence-corrected chi connectivity index (χ1v) is 9.90. The third-order valence-electron chi connectivity index (χ3n) is 3.80. The fraction of sp³-hybridized carbons (Fsp3) is 0.105. The van der Waals surface area contributed by atoms with Crippen LogP contribution in [0.4, 0.5) is 0 Å². The number of nitrogens with one attached hydrogen (secondary N) is 1.